The Hall–Kier alpha value is -1.86. The first-order valence-electron chi connectivity index (χ1n) is 8.89. The minimum atomic E-state index is 0.598. The van der Waals surface area contributed by atoms with Crippen molar-refractivity contribution in [1.29, 1.82) is 0 Å². The van der Waals surface area contributed by atoms with E-state index in [9.17, 15) is 0 Å². The maximum atomic E-state index is 5.09. The molecule has 1 aromatic rings. The molecule has 0 aliphatic heterocycles. The molecule has 0 aliphatic rings. The highest BCUT2D eigenvalue weighted by molar-refractivity contribution is 5.79. The highest BCUT2D eigenvalue weighted by Gasteiger charge is 2.05. The Balaban J connectivity index is 2.52. The molecule has 0 saturated heterocycles. The van der Waals surface area contributed by atoms with Gasteiger partial charge in [0, 0.05) is 65.8 Å². The Bertz CT molecular complexity index is 506. The van der Waals surface area contributed by atoms with Gasteiger partial charge in [0.1, 0.15) is 5.82 Å². The molecule has 2 N–H and O–H groups in total. The molecule has 0 bridgehead atoms. The van der Waals surface area contributed by atoms with Gasteiger partial charge in [0.05, 0.1) is 6.54 Å². The number of ether oxygens (including phenoxy) is 1. The average molecular weight is 351 g/mol. The maximum absolute atomic E-state index is 5.09. The first kappa shape index (κ1) is 21.2. The van der Waals surface area contributed by atoms with Crippen LogP contribution in [-0.2, 0) is 11.3 Å². The molecule has 0 fully saturated rings. The first-order valence-corrected chi connectivity index (χ1v) is 8.89. The highest BCUT2D eigenvalue weighted by atomic mass is 16.5. The fourth-order valence-electron chi connectivity index (χ4n) is 2.42. The molecule has 0 aromatic carbocycles. The van der Waals surface area contributed by atoms with E-state index in [2.05, 4.69) is 45.5 Å². The van der Waals surface area contributed by atoms with Gasteiger partial charge in [0.15, 0.2) is 5.96 Å². The molecule has 25 heavy (non-hydrogen) atoms. The second-order valence-corrected chi connectivity index (χ2v) is 6.15. The summed E-state index contributed by atoms with van der Waals surface area (Å²) in [6.45, 7) is 7.16. The number of aliphatic imine (C=N–C) groups is 1. The Morgan fingerprint density at radius 3 is 2.72 bits per heavy atom. The summed E-state index contributed by atoms with van der Waals surface area (Å²) in [7, 11) is 7.86. The van der Waals surface area contributed by atoms with E-state index in [1.54, 1.807) is 7.11 Å². The summed E-state index contributed by atoms with van der Waals surface area (Å²) in [4.78, 5) is 13.4. The van der Waals surface area contributed by atoms with Gasteiger partial charge in [-0.25, -0.2) is 9.98 Å². The van der Waals surface area contributed by atoms with Gasteiger partial charge in [-0.2, -0.15) is 0 Å². The molecule has 0 unspecified atom stereocenters. The van der Waals surface area contributed by atoms with Gasteiger partial charge in [-0.1, -0.05) is 6.07 Å². The van der Waals surface area contributed by atoms with Crippen molar-refractivity contribution in [3.63, 3.8) is 0 Å². The van der Waals surface area contributed by atoms with E-state index in [4.69, 9.17) is 4.74 Å². The third kappa shape index (κ3) is 8.69. The average Bonchev–Trinajstić information content (AvgIpc) is 2.60. The summed E-state index contributed by atoms with van der Waals surface area (Å²) in [5.41, 5.74) is 1.11. The topological polar surface area (TPSA) is 65.0 Å². The molecule has 7 heteroatoms. The predicted octanol–water partition coefficient (Wildman–Crippen LogP) is 1.17. The summed E-state index contributed by atoms with van der Waals surface area (Å²) in [5.74, 6) is 1.79. The predicted molar refractivity (Wildman–Crippen MR) is 105 cm³/mol. The van der Waals surface area contributed by atoms with Gasteiger partial charge in [-0.15, -0.1) is 0 Å². The summed E-state index contributed by atoms with van der Waals surface area (Å²) < 4.78 is 5.09. The van der Waals surface area contributed by atoms with Crippen LogP contribution in [0, 0.1) is 0 Å². The zero-order valence-electron chi connectivity index (χ0n) is 16.4. The number of aromatic nitrogens is 1. The molecule has 0 spiro atoms. The van der Waals surface area contributed by atoms with E-state index in [1.165, 1.54) is 0 Å². The van der Waals surface area contributed by atoms with Crippen molar-refractivity contribution < 1.29 is 4.74 Å². The van der Waals surface area contributed by atoms with E-state index in [0.29, 0.717) is 6.54 Å². The van der Waals surface area contributed by atoms with Gasteiger partial charge in [0.2, 0.25) is 0 Å². The zero-order valence-corrected chi connectivity index (χ0v) is 16.4. The summed E-state index contributed by atoms with van der Waals surface area (Å²) in [5, 5.41) is 6.69. The van der Waals surface area contributed by atoms with Crippen molar-refractivity contribution in [3.05, 3.63) is 23.9 Å². The maximum Gasteiger partial charge on any atom is 0.191 e. The van der Waals surface area contributed by atoms with Crippen LogP contribution in [0.4, 0.5) is 5.82 Å². The van der Waals surface area contributed by atoms with Gasteiger partial charge in [-0.05, 0) is 26.5 Å². The molecule has 0 saturated carbocycles. The molecule has 142 valence electrons. The lowest BCUT2D eigenvalue weighted by atomic mass is 10.2. The first-order chi connectivity index (χ1) is 12.1. The van der Waals surface area contributed by atoms with Crippen molar-refractivity contribution in [3.8, 4) is 0 Å². The highest BCUT2D eigenvalue weighted by Crippen LogP contribution is 2.15. The quantitative estimate of drug-likeness (QED) is 0.355. The largest absolute Gasteiger partial charge is 0.385 e. The molecule has 0 aliphatic carbocycles. The summed E-state index contributed by atoms with van der Waals surface area (Å²) in [6, 6.07) is 4.02. The van der Waals surface area contributed by atoms with Crippen molar-refractivity contribution in [1.82, 2.24) is 20.5 Å². The molecule has 1 rings (SSSR count). The second-order valence-electron chi connectivity index (χ2n) is 6.15. The fraction of sp³-hybridized carbons (Fsp3) is 0.667. The number of nitrogens with one attached hydrogen (secondary N) is 2. The fourth-order valence-corrected chi connectivity index (χ4v) is 2.42. The number of hydrogen-bond donors (Lipinski definition) is 2. The number of likely N-dealkylation sites (N-methyl/N-ethyl adjacent to an activating group) is 1. The molecule has 0 amide bonds. The number of guanidine groups is 1. The van der Waals surface area contributed by atoms with E-state index < -0.39 is 0 Å². The van der Waals surface area contributed by atoms with E-state index >= 15 is 0 Å². The molecule has 0 radical (unpaired) electrons. The monoisotopic (exact) mass is 350 g/mol. The van der Waals surface area contributed by atoms with Crippen molar-refractivity contribution in [2.75, 3.05) is 65.9 Å². The van der Waals surface area contributed by atoms with Crippen LogP contribution in [0.3, 0.4) is 0 Å². The number of nitrogens with zero attached hydrogens (tertiary/aromatic N) is 4. The smallest absolute Gasteiger partial charge is 0.191 e. The minimum Gasteiger partial charge on any atom is -0.385 e. The number of methoxy groups -OCH3 is 1. The van der Waals surface area contributed by atoms with Crippen molar-refractivity contribution in [2.24, 2.45) is 4.99 Å². The van der Waals surface area contributed by atoms with Crippen molar-refractivity contribution >= 4 is 11.8 Å². The van der Waals surface area contributed by atoms with Gasteiger partial charge >= 0.3 is 0 Å². The summed E-state index contributed by atoms with van der Waals surface area (Å²) >= 11 is 0. The second kappa shape index (κ2) is 12.5. The van der Waals surface area contributed by atoms with Crippen LogP contribution in [0.25, 0.3) is 0 Å². The number of hydrogen-bond acceptors (Lipinski definition) is 5. The number of pyridine rings is 1. The minimum absolute atomic E-state index is 0.598. The Kier molecular flexibility index (Phi) is 10.6. The Morgan fingerprint density at radius 2 is 2.04 bits per heavy atom. The molecule has 1 heterocycles. The molecule has 7 nitrogen and oxygen atoms in total. The van der Waals surface area contributed by atoms with Crippen LogP contribution in [0.15, 0.2) is 23.3 Å². The van der Waals surface area contributed by atoms with E-state index in [1.807, 2.05) is 31.3 Å². The zero-order chi connectivity index (χ0) is 18.5. The van der Waals surface area contributed by atoms with Crippen LogP contribution in [0.1, 0.15) is 18.9 Å². The molecular weight excluding hydrogens is 316 g/mol. The lowest BCUT2D eigenvalue weighted by Crippen LogP contribution is -2.41. The van der Waals surface area contributed by atoms with E-state index in [-0.39, 0.29) is 0 Å². The Labute approximate surface area is 152 Å². The van der Waals surface area contributed by atoms with Crippen LogP contribution in [-0.4, -0.2) is 76.9 Å². The third-order valence-corrected chi connectivity index (χ3v) is 3.72. The molecule has 0 atom stereocenters. The van der Waals surface area contributed by atoms with Crippen LogP contribution < -0.4 is 15.5 Å². The number of rotatable bonds is 11. The normalized spacial score (nSPS) is 11.7. The van der Waals surface area contributed by atoms with Crippen LogP contribution >= 0.6 is 0 Å². The Morgan fingerprint density at radius 1 is 1.24 bits per heavy atom. The van der Waals surface area contributed by atoms with Crippen LogP contribution in [0.2, 0.25) is 0 Å². The van der Waals surface area contributed by atoms with Gasteiger partial charge in [-0.3, -0.25) is 0 Å². The standard InChI is InChI=1S/C18H34N6O/c1-6-19-18(21-11-13-24(4)12-8-14-25-5)22-15-16-9-7-10-20-17(16)23(2)3/h7,9-10H,6,8,11-15H2,1-5H3,(H2,19,21,22). The van der Waals surface area contributed by atoms with E-state index in [0.717, 1.165) is 56.5 Å². The van der Waals surface area contributed by atoms with Crippen molar-refractivity contribution in [2.45, 2.75) is 19.9 Å². The molecular formula is C18H34N6O. The van der Waals surface area contributed by atoms with Gasteiger partial charge < -0.3 is 25.2 Å². The summed E-state index contributed by atoms with van der Waals surface area (Å²) in [6.07, 6.45) is 2.86. The SMILES string of the molecule is CCNC(=NCc1cccnc1N(C)C)NCCN(C)CCCOC. The van der Waals surface area contributed by atoms with Gasteiger partial charge in [0.25, 0.3) is 0 Å². The van der Waals surface area contributed by atoms with Crippen LogP contribution in [0.5, 0.6) is 0 Å². The third-order valence-electron chi connectivity index (χ3n) is 3.72. The molecule has 1 aromatic heterocycles. The lowest BCUT2D eigenvalue weighted by Gasteiger charge is -2.18. The number of anilines is 1. The lowest BCUT2D eigenvalue weighted by molar-refractivity contribution is 0.180.